The summed E-state index contributed by atoms with van der Waals surface area (Å²) < 4.78 is 0. The van der Waals surface area contributed by atoms with Gasteiger partial charge in [-0.25, -0.2) is 4.79 Å². The zero-order valence-corrected chi connectivity index (χ0v) is 11.6. The van der Waals surface area contributed by atoms with Crippen molar-refractivity contribution in [3.63, 3.8) is 0 Å². The van der Waals surface area contributed by atoms with Gasteiger partial charge in [0.2, 0.25) is 5.91 Å². The van der Waals surface area contributed by atoms with Gasteiger partial charge < -0.3 is 16.0 Å². The molecule has 9 heteroatoms. The zero-order valence-electron chi connectivity index (χ0n) is 10.9. The standard InChI is InChI=1S/C12H13ClN6O2/c13-9-3-1-8(2-4-9)5-14-12(21)15-7-11(20)17-10-6-16-19-18-10/h1-4,6H,5,7H2,(H2,14,15,21)(H2,16,17,18,19,20). The van der Waals surface area contributed by atoms with Crippen LogP contribution in [0.4, 0.5) is 10.6 Å². The maximum atomic E-state index is 11.5. The first-order valence-corrected chi connectivity index (χ1v) is 6.43. The Morgan fingerprint density at radius 3 is 2.62 bits per heavy atom. The first kappa shape index (κ1) is 14.8. The van der Waals surface area contributed by atoms with E-state index in [9.17, 15) is 9.59 Å². The van der Waals surface area contributed by atoms with E-state index in [-0.39, 0.29) is 6.54 Å². The predicted molar refractivity (Wildman–Crippen MR) is 76.7 cm³/mol. The molecule has 0 saturated heterocycles. The summed E-state index contributed by atoms with van der Waals surface area (Å²) in [6.45, 7) is 0.174. The number of H-pyrrole nitrogens is 1. The number of hydrogen-bond donors (Lipinski definition) is 4. The lowest BCUT2D eigenvalue weighted by Crippen LogP contribution is -2.39. The molecule has 3 amide bonds. The fourth-order valence-corrected chi connectivity index (χ4v) is 1.58. The van der Waals surface area contributed by atoms with Crippen molar-refractivity contribution in [1.29, 1.82) is 0 Å². The van der Waals surface area contributed by atoms with Crippen LogP contribution in [-0.4, -0.2) is 33.9 Å². The molecule has 0 aliphatic rings. The van der Waals surface area contributed by atoms with Crippen LogP contribution in [-0.2, 0) is 11.3 Å². The zero-order chi connectivity index (χ0) is 15.1. The molecule has 2 aromatic rings. The van der Waals surface area contributed by atoms with Gasteiger partial charge in [-0.05, 0) is 17.7 Å². The van der Waals surface area contributed by atoms with Gasteiger partial charge in [0.05, 0.1) is 12.7 Å². The molecule has 1 aromatic carbocycles. The molecular formula is C12H13ClN6O2. The van der Waals surface area contributed by atoms with Crippen LogP contribution in [0.5, 0.6) is 0 Å². The van der Waals surface area contributed by atoms with Crippen LogP contribution in [0.25, 0.3) is 0 Å². The molecule has 0 radical (unpaired) electrons. The fourth-order valence-electron chi connectivity index (χ4n) is 1.46. The van der Waals surface area contributed by atoms with Crippen molar-refractivity contribution in [2.45, 2.75) is 6.54 Å². The van der Waals surface area contributed by atoms with Gasteiger partial charge in [-0.1, -0.05) is 23.7 Å². The molecule has 0 saturated carbocycles. The number of carbonyl (C=O) groups is 2. The highest BCUT2D eigenvalue weighted by molar-refractivity contribution is 6.30. The maximum absolute atomic E-state index is 11.5. The van der Waals surface area contributed by atoms with E-state index in [4.69, 9.17) is 11.6 Å². The van der Waals surface area contributed by atoms with Crippen molar-refractivity contribution in [2.75, 3.05) is 11.9 Å². The molecule has 1 heterocycles. The Labute approximate surface area is 125 Å². The summed E-state index contributed by atoms with van der Waals surface area (Å²) in [5.41, 5.74) is 0.904. The Morgan fingerprint density at radius 1 is 1.19 bits per heavy atom. The van der Waals surface area contributed by atoms with Gasteiger partial charge in [-0.15, -0.1) is 5.10 Å². The Morgan fingerprint density at radius 2 is 1.95 bits per heavy atom. The predicted octanol–water partition coefficient (Wildman–Crippen LogP) is 0.896. The van der Waals surface area contributed by atoms with Crippen molar-refractivity contribution in [3.05, 3.63) is 41.0 Å². The number of rotatable bonds is 5. The number of amides is 3. The van der Waals surface area contributed by atoms with Crippen LogP contribution in [0, 0.1) is 0 Å². The molecule has 0 atom stereocenters. The summed E-state index contributed by atoms with van der Waals surface area (Å²) in [5.74, 6) is -0.103. The minimum Gasteiger partial charge on any atom is -0.334 e. The SMILES string of the molecule is O=C(CNC(=O)NCc1ccc(Cl)cc1)Nc1cn[nH]n1. The number of urea groups is 1. The molecule has 0 aliphatic carbocycles. The van der Waals surface area contributed by atoms with Crippen LogP contribution >= 0.6 is 11.6 Å². The number of aromatic nitrogens is 3. The van der Waals surface area contributed by atoms with E-state index < -0.39 is 11.9 Å². The third-order valence-electron chi connectivity index (χ3n) is 2.46. The molecule has 2 rings (SSSR count). The van der Waals surface area contributed by atoms with Gasteiger partial charge >= 0.3 is 6.03 Å². The molecule has 8 nitrogen and oxygen atoms in total. The minimum atomic E-state index is -0.444. The quantitative estimate of drug-likeness (QED) is 0.657. The number of nitrogens with zero attached hydrogens (tertiary/aromatic N) is 2. The van der Waals surface area contributed by atoms with Crippen LogP contribution in [0.2, 0.25) is 5.02 Å². The molecule has 110 valence electrons. The van der Waals surface area contributed by atoms with Crippen molar-refractivity contribution in [3.8, 4) is 0 Å². The van der Waals surface area contributed by atoms with Crippen LogP contribution in [0.15, 0.2) is 30.5 Å². The summed E-state index contributed by atoms with van der Waals surface area (Å²) in [6.07, 6.45) is 1.36. The molecule has 21 heavy (non-hydrogen) atoms. The monoisotopic (exact) mass is 308 g/mol. The third-order valence-corrected chi connectivity index (χ3v) is 2.71. The summed E-state index contributed by atoms with van der Waals surface area (Å²) in [5, 5.41) is 17.7. The number of aromatic amines is 1. The summed E-state index contributed by atoms with van der Waals surface area (Å²) in [6, 6.07) is 6.64. The molecule has 0 fully saturated rings. The Hall–Kier alpha value is -2.61. The van der Waals surface area contributed by atoms with E-state index in [0.29, 0.717) is 17.4 Å². The van der Waals surface area contributed by atoms with E-state index in [1.54, 1.807) is 24.3 Å². The average Bonchev–Trinajstić information content (AvgIpc) is 2.97. The number of carbonyl (C=O) groups excluding carboxylic acids is 2. The molecule has 1 aromatic heterocycles. The second-order valence-electron chi connectivity index (χ2n) is 4.07. The van der Waals surface area contributed by atoms with Crippen LogP contribution in [0.1, 0.15) is 5.56 Å². The second-order valence-corrected chi connectivity index (χ2v) is 4.50. The van der Waals surface area contributed by atoms with Gasteiger partial charge in [0.25, 0.3) is 0 Å². The molecule has 0 bridgehead atoms. The molecule has 0 aliphatic heterocycles. The van der Waals surface area contributed by atoms with E-state index in [1.165, 1.54) is 6.20 Å². The number of benzene rings is 1. The van der Waals surface area contributed by atoms with Gasteiger partial charge in [0, 0.05) is 11.6 Å². The molecule has 0 unspecified atom stereocenters. The van der Waals surface area contributed by atoms with Crippen molar-refractivity contribution >= 4 is 29.4 Å². The minimum absolute atomic E-state index is 0.167. The lowest BCUT2D eigenvalue weighted by molar-refractivity contribution is -0.115. The Bertz CT molecular complexity index is 599. The number of nitrogens with one attached hydrogen (secondary N) is 4. The van der Waals surface area contributed by atoms with E-state index in [0.717, 1.165) is 5.56 Å². The first-order chi connectivity index (χ1) is 10.1. The highest BCUT2D eigenvalue weighted by atomic mass is 35.5. The molecule has 0 spiro atoms. The van der Waals surface area contributed by atoms with Gasteiger partial charge in [-0.3, -0.25) is 4.79 Å². The number of anilines is 1. The molecule has 4 N–H and O–H groups in total. The van der Waals surface area contributed by atoms with Crippen LogP contribution in [0.3, 0.4) is 0 Å². The fraction of sp³-hybridized carbons (Fsp3) is 0.167. The maximum Gasteiger partial charge on any atom is 0.315 e. The Kier molecular flexibility index (Phi) is 5.10. The van der Waals surface area contributed by atoms with Crippen molar-refractivity contribution in [1.82, 2.24) is 26.0 Å². The summed E-state index contributed by atoms with van der Waals surface area (Å²) in [7, 11) is 0. The van der Waals surface area contributed by atoms with Crippen LogP contribution < -0.4 is 16.0 Å². The normalized spacial score (nSPS) is 9.95. The van der Waals surface area contributed by atoms with Gasteiger partial charge in [0.1, 0.15) is 0 Å². The highest BCUT2D eigenvalue weighted by Crippen LogP contribution is 2.08. The summed E-state index contributed by atoms with van der Waals surface area (Å²) >= 11 is 5.76. The average molecular weight is 309 g/mol. The first-order valence-electron chi connectivity index (χ1n) is 6.05. The lowest BCUT2D eigenvalue weighted by atomic mass is 10.2. The smallest absolute Gasteiger partial charge is 0.315 e. The van der Waals surface area contributed by atoms with E-state index in [2.05, 4.69) is 31.4 Å². The Balaban J connectivity index is 1.67. The second kappa shape index (κ2) is 7.25. The van der Waals surface area contributed by atoms with E-state index >= 15 is 0 Å². The van der Waals surface area contributed by atoms with Crippen molar-refractivity contribution < 1.29 is 9.59 Å². The van der Waals surface area contributed by atoms with Gasteiger partial charge in [0.15, 0.2) is 5.82 Å². The molecular weight excluding hydrogens is 296 g/mol. The van der Waals surface area contributed by atoms with Gasteiger partial charge in [-0.2, -0.15) is 10.3 Å². The number of hydrogen-bond acceptors (Lipinski definition) is 4. The van der Waals surface area contributed by atoms with Crippen molar-refractivity contribution in [2.24, 2.45) is 0 Å². The lowest BCUT2D eigenvalue weighted by Gasteiger charge is -2.07. The third kappa shape index (κ3) is 5.11. The summed E-state index contributed by atoms with van der Waals surface area (Å²) in [4.78, 5) is 23.0. The van der Waals surface area contributed by atoms with E-state index in [1.807, 2.05) is 0 Å². The number of halogens is 1. The highest BCUT2D eigenvalue weighted by Gasteiger charge is 2.06. The topological polar surface area (TPSA) is 112 Å². The largest absolute Gasteiger partial charge is 0.334 e.